The molecule has 0 saturated carbocycles. The van der Waals surface area contributed by atoms with Crippen molar-refractivity contribution in [3.8, 4) is 0 Å². The third-order valence-corrected chi connectivity index (χ3v) is 4.25. The number of fused-ring (bicyclic) bond motifs is 1. The van der Waals surface area contributed by atoms with Crippen molar-refractivity contribution in [2.75, 3.05) is 10.6 Å². The Morgan fingerprint density at radius 3 is 2.60 bits per heavy atom. The summed E-state index contributed by atoms with van der Waals surface area (Å²) in [5.41, 5.74) is 4.01. The SMILES string of the molecule is CCC(=O)Nc1ccc(NC(=O)c2cccc3c2ccn3C)cc1C. The van der Waals surface area contributed by atoms with Gasteiger partial charge in [0.25, 0.3) is 5.91 Å². The Morgan fingerprint density at radius 1 is 1.08 bits per heavy atom. The summed E-state index contributed by atoms with van der Waals surface area (Å²) >= 11 is 0. The zero-order chi connectivity index (χ0) is 18.0. The first-order valence-corrected chi connectivity index (χ1v) is 8.25. The maximum absolute atomic E-state index is 12.7. The number of amides is 2. The predicted octanol–water partition coefficient (Wildman–Crippen LogP) is 4.09. The van der Waals surface area contributed by atoms with Crippen LogP contribution in [0.4, 0.5) is 11.4 Å². The number of carbonyl (C=O) groups excluding carboxylic acids is 2. The number of anilines is 2. The Bertz CT molecular complexity index is 957. The van der Waals surface area contributed by atoms with E-state index < -0.39 is 0 Å². The molecule has 2 aromatic carbocycles. The molecule has 0 aliphatic heterocycles. The number of benzene rings is 2. The molecule has 0 fully saturated rings. The number of nitrogens with one attached hydrogen (secondary N) is 2. The number of hydrogen-bond donors (Lipinski definition) is 2. The highest BCUT2D eigenvalue weighted by Gasteiger charge is 2.12. The van der Waals surface area contributed by atoms with Crippen molar-refractivity contribution in [3.63, 3.8) is 0 Å². The van der Waals surface area contributed by atoms with Gasteiger partial charge in [-0.25, -0.2) is 0 Å². The van der Waals surface area contributed by atoms with Crippen LogP contribution >= 0.6 is 0 Å². The number of aromatic nitrogens is 1. The van der Waals surface area contributed by atoms with Crippen LogP contribution in [0, 0.1) is 6.92 Å². The summed E-state index contributed by atoms with van der Waals surface area (Å²) < 4.78 is 1.99. The van der Waals surface area contributed by atoms with Crippen LogP contribution in [0.3, 0.4) is 0 Å². The lowest BCUT2D eigenvalue weighted by Gasteiger charge is -2.11. The van der Waals surface area contributed by atoms with Gasteiger partial charge < -0.3 is 15.2 Å². The number of aryl methyl sites for hydroxylation is 2. The molecule has 1 aromatic heterocycles. The van der Waals surface area contributed by atoms with Gasteiger partial charge in [-0.1, -0.05) is 13.0 Å². The predicted molar refractivity (Wildman–Crippen MR) is 101 cm³/mol. The smallest absolute Gasteiger partial charge is 0.256 e. The monoisotopic (exact) mass is 335 g/mol. The number of hydrogen-bond acceptors (Lipinski definition) is 2. The Hall–Kier alpha value is -3.08. The van der Waals surface area contributed by atoms with E-state index in [0.717, 1.165) is 22.2 Å². The first-order chi connectivity index (χ1) is 12.0. The molecule has 0 saturated heterocycles. The third kappa shape index (κ3) is 3.40. The molecule has 3 aromatic rings. The molecule has 0 atom stereocenters. The van der Waals surface area contributed by atoms with Crippen molar-refractivity contribution in [1.82, 2.24) is 4.57 Å². The first-order valence-electron chi connectivity index (χ1n) is 8.25. The maximum Gasteiger partial charge on any atom is 0.256 e. The van der Waals surface area contributed by atoms with Crippen molar-refractivity contribution in [2.45, 2.75) is 20.3 Å². The van der Waals surface area contributed by atoms with E-state index in [1.54, 1.807) is 6.07 Å². The fraction of sp³-hybridized carbons (Fsp3) is 0.200. The van der Waals surface area contributed by atoms with Crippen LogP contribution in [0.15, 0.2) is 48.7 Å². The van der Waals surface area contributed by atoms with Gasteiger partial charge in [0.1, 0.15) is 0 Å². The van der Waals surface area contributed by atoms with Gasteiger partial charge in [0.15, 0.2) is 0 Å². The van der Waals surface area contributed by atoms with E-state index in [4.69, 9.17) is 0 Å². The molecule has 3 rings (SSSR count). The van der Waals surface area contributed by atoms with Crippen molar-refractivity contribution in [3.05, 3.63) is 59.8 Å². The van der Waals surface area contributed by atoms with Crippen LogP contribution < -0.4 is 10.6 Å². The standard InChI is InChI=1S/C20H21N3O2/c1-4-19(24)22-17-9-8-14(12-13(17)2)21-20(25)16-6-5-7-18-15(16)10-11-23(18)3/h5-12H,4H2,1-3H3,(H,21,25)(H,22,24). The van der Waals surface area contributed by atoms with Gasteiger partial charge in [0, 0.05) is 47.5 Å². The normalized spacial score (nSPS) is 10.7. The molecule has 1 heterocycles. The molecule has 2 N–H and O–H groups in total. The summed E-state index contributed by atoms with van der Waals surface area (Å²) in [4.78, 5) is 24.2. The van der Waals surface area contributed by atoms with E-state index in [1.165, 1.54) is 0 Å². The van der Waals surface area contributed by atoms with Gasteiger partial charge in [-0.05, 0) is 48.9 Å². The van der Waals surface area contributed by atoms with Crippen molar-refractivity contribution in [2.24, 2.45) is 7.05 Å². The lowest BCUT2D eigenvalue weighted by molar-refractivity contribution is -0.115. The van der Waals surface area contributed by atoms with Gasteiger partial charge in [-0.15, -0.1) is 0 Å². The fourth-order valence-corrected chi connectivity index (χ4v) is 2.82. The topological polar surface area (TPSA) is 63.1 Å². The zero-order valence-corrected chi connectivity index (χ0v) is 14.6. The van der Waals surface area contributed by atoms with E-state index >= 15 is 0 Å². The van der Waals surface area contributed by atoms with E-state index in [-0.39, 0.29) is 11.8 Å². The Kier molecular flexibility index (Phi) is 4.57. The molecule has 25 heavy (non-hydrogen) atoms. The summed E-state index contributed by atoms with van der Waals surface area (Å²) in [6.45, 7) is 3.71. The van der Waals surface area contributed by atoms with Crippen LogP contribution in [-0.2, 0) is 11.8 Å². The van der Waals surface area contributed by atoms with Crippen LogP contribution in [0.25, 0.3) is 10.9 Å². The number of rotatable bonds is 4. The molecule has 0 spiro atoms. The minimum atomic E-state index is -0.151. The minimum absolute atomic E-state index is 0.0318. The lowest BCUT2D eigenvalue weighted by atomic mass is 10.1. The van der Waals surface area contributed by atoms with E-state index in [2.05, 4.69) is 10.6 Å². The molecular weight excluding hydrogens is 314 g/mol. The highest BCUT2D eigenvalue weighted by molar-refractivity contribution is 6.12. The van der Waals surface area contributed by atoms with Gasteiger partial charge >= 0.3 is 0 Å². The molecule has 5 nitrogen and oxygen atoms in total. The summed E-state index contributed by atoms with van der Waals surface area (Å²) in [6.07, 6.45) is 2.37. The minimum Gasteiger partial charge on any atom is -0.351 e. The summed E-state index contributed by atoms with van der Waals surface area (Å²) in [5, 5.41) is 6.70. The van der Waals surface area contributed by atoms with Crippen LogP contribution in [0.2, 0.25) is 0 Å². The molecular formula is C20H21N3O2. The molecule has 0 bridgehead atoms. The zero-order valence-electron chi connectivity index (χ0n) is 14.6. The van der Waals surface area contributed by atoms with Crippen molar-refractivity contribution < 1.29 is 9.59 Å². The first kappa shape index (κ1) is 16.8. The summed E-state index contributed by atoms with van der Waals surface area (Å²) in [5.74, 6) is -0.183. The second-order valence-electron chi connectivity index (χ2n) is 6.05. The quantitative estimate of drug-likeness (QED) is 0.754. The highest BCUT2D eigenvalue weighted by Crippen LogP contribution is 2.23. The third-order valence-electron chi connectivity index (χ3n) is 4.25. The van der Waals surface area contributed by atoms with E-state index in [9.17, 15) is 9.59 Å². The highest BCUT2D eigenvalue weighted by atomic mass is 16.2. The molecule has 0 radical (unpaired) electrons. The van der Waals surface area contributed by atoms with Gasteiger partial charge in [-0.3, -0.25) is 9.59 Å². The molecule has 2 amide bonds. The second-order valence-corrected chi connectivity index (χ2v) is 6.05. The summed E-state index contributed by atoms with van der Waals surface area (Å²) in [7, 11) is 1.96. The summed E-state index contributed by atoms with van der Waals surface area (Å²) in [6, 6.07) is 13.1. The second kappa shape index (κ2) is 6.81. The Labute approximate surface area is 146 Å². The Morgan fingerprint density at radius 2 is 1.88 bits per heavy atom. The van der Waals surface area contributed by atoms with Crippen LogP contribution in [-0.4, -0.2) is 16.4 Å². The van der Waals surface area contributed by atoms with Crippen molar-refractivity contribution in [1.29, 1.82) is 0 Å². The van der Waals surface area contributed by atoms with E-state index in [0.29, 0.717) is 17.7 Å². The fourth-order valence-electron chi connectivity index (χ4n) is 2.82. The molecule has 0 aliphatic rings. The number of nitrogens with zero attached hydrogens (tertiary/aromatic N) is 1. The van der Waals surface area contributed by atoms with Crippen molar-refractivity contribution >= 4 is 34.1 Å². The average Bonchev–Trinajstić information content (AvgIpc) is 2.98. The number of carbonyl (C=O) groups is 2. The molecule has 0 unspecified atom stereocenters. The largest absolute Gasteiger partial charge is 0.351 e. The average molecular weight is 335 g/mol. The van der Waals surface area contributed by atoms with Gasteiger partial charge in [-0.2, -0.15) is 0 Å². The van der Waals surface area contributed by atoms with E-state index in [1.807, 2.05) is 68.1 Å². The van der Waals surface area contributed by atoms with Gasteiger partial charge in [0.05, 0.1) is 0 Å². The molecule has 5 heteroatoms. The lowest BCUT2D eigenvalue weighted by Crippen LogP contribution is -2.13. The molecule has 128 valence electrons. The Balaban J connectivity index is 1.83. The molecule has 0 aliphatic carbocycles. The van der Waals surface area contributed by atoms with Gasteiger partial charge in [0.2, 0.25) is 5.91 Å². The van der Waals surface area contributed by atoms with Crippen LogP contribution in [0.1, 0.15) is 29.3 Å². The maximum atomic E-state index is 12.7. The van der Waals surface area contributed by atoms with Crippen LogP contribution in [0.5, 0.6) is 0 Å².